The normalized spacial score (nSPS) is 28.1. The number of hydrogen-bond acceptors (Lipinski definition) is 9. The van der Waals surface area contributed by atoms with Crippen molar-refractivity contribution in [2.24, 2.45) is 0 Å². The summed E-state index contributed by atoms with van der Waals surface area (Å²) in [6.07, 6.45) is -6.44. The van der Waals surface area contributed by atoms with Crippen molar-refractivity contribution in [3.05, 3.63) is 42.1 Å². The molecule has 3 rings (SSSR count). The maximum absolute atomic E-state index is 14.4. The predicted molar refractivity (Wildman–Crippen MR) is 91.0 cm³/mol. The molecule has 0 aromatic carbocycles. The molecule has 0 bridgehead atoms. The van der Waals surface area contributed by atoms with Gasteiger partial charge in [0, 0.05) is 17.5 Å². The minimum atomic E-state index is -4.95. The molecule has 4 N–H and O–H groups in total. The van der Waals surface area contributed by atoms with Gasteiger partial charge in [-0.2, -0.15) is 12.8 Å². The second kappa shape index (κ2) is 7.66. The van der Waals surface area contributed by atoms with Gasteiger partial charge in [-0.05, 0) is 31.2 Å². The van der Waals surface area contributed by atoms with Crippen LogP contribution in [0.25, 0.3) is 11.3 Å². The molecule has 3 heterocycles. The molecule has 152 valence electrons. The zero-order valence-corrected chi connectivity index (χ0v) is 15.2. The molecule has 1 fully saturated rings. The predicted octanol–water partition coefficient (Wildman–Crippen LogP) is -0.377. The van der Waals surface area contributed by atoms with Gasteiger partial charge in [-0.25, -0.2) is 4.98 Å². The lowest BCUT2D eigenvalue weighted by Gasteiger charge is -2.38. The second-order valence-corrected chi connectivity index (χ2v) is 7.64. The van der Waals surface area contributed by atoms with Crippen molar-refractivity contribution >= 4 is 10.1 Å². The van der Waals surface area contributed by atoms with E-state index < -0.39 is 51.9 Å². The van der Waals surface area contributed by atoms with Crippen molar-refractivity contribution in [3.63, 3.8) is 0 Å². The molecule has 1 aliphatic rings. The highest BCUT2D eigenvalue weighted by atomic mass is 32.2. The van der Waals surface area contributed by atoms with E-state index in [0.29, 0.717) is 11.3 Å². The van der Waals surface area contributed by atoms with Gasteiger partial charge in [0.15, 0.2) is 5.75 Å². The van der Waals surface area contributed by atoms with E-state index in [1.807, 2.05) is 0 Å². The number of pyridine rings is 2. The highest BCUT2D eigenvalue weighted by Crippen LogP contribution is 2.28. The summed E-state index contributed by atoms with van der Waals surface area (Å²) in [5, 5.41) is 29.3. The highest BCUT2D eigenvalue weighted by molar-refractivity contribution is 7.86. The van der Waals surface area contributed by atoms with Crippen LogP contribution in [-0.2, 0) is 14.9 Å². The Balaban J connectivity index is 1.84. The number of aliphatic hydroxyl groups excluding tert-OH is 3. The van der Waals surface area contributed by atoms with Gasteiger partial charge in [-0.1, -0.05) is 0 Å². The van der Waals surface area contributed by atoms with Crippen molar-refractivity contribution in [2.75, 3.05) is 0 Å². The summed E-state index contributed by atoms with van der Waals surface area (Å²) in [6, 6.07) is 5.89. The fourth-order valence-corrected chi connectivity index (χ4v) is 3.42. The second-order valence-electron chi connectivity index (χ2n) is 6.15. The third kappa shape index (κ3) is 4.11. The molecule has 0 amide bonds. The van der Waals surface area contributed by atoms with Crippen molar-refractivity contribution in [2.45, 2.75) is 37.0 Å². The van der Waals surface area contributed by atoms with Crippen LogP contribution in [0.15, 0.2) is 30.5 Å². The lowest BCUT2D eigenvalue weighted by Crippen LogP contribution is -2.61. The van der Waals surface area contributed by atoms with Gasteiger partial charge in [0.25, 0.3) is 16.1 Å². The molecule has 0 spiro atoms. The van der Waals surface area contributed by atoms with E-state index in [4.69, 9.17) is 14.0 Å². The summed E-state index contributed by atoms with van der Waals surface area (Å²) < 4.78 is 55.9. The van der Waals surface area contributed by atoms with Crippen LogP contribution in [0.1, 0.15) is 5.69 Å². The average Bonchev–Trinajstić information content (AvgIpc) is 2.62. The summed E-state index contributed by atoms with van der Waals surface area (Å²) in [5.41, 5.74) is -0.725. The molecule has 1 unspecified atom stereocenters. The number of halogens is 1. The van der Waals surface area contributed by atoms with Crippen molar-refractivity contribution in [1.29, 1.82) is 0 Å². The highest BCUT2D eigenvalue weighted by Gasteiger charge is 2.50. The maximum Gasteiger partial charge on any atom is 0.295 e. The zero-order valence-electron chi connectivity index (χ0n) is 14.4. The third-order valence-corrected chi connectivity index (χ3v) is 5.05. The number of nitrogens with zero attached hydrogens (tertiary/aromatic N) is 2. The van der Waals surface area contributed by atoms with Gasteiger partial charge in [-0.15, -0.1) is 0 Å². The fourth-order valence-electron chi connectivity index (χ4n) is 2.66. The van der Waals surface area contributed by atoms with E-state index in [9.17, 15) is 28.1 Å². The monoisotopic (exact) mass is 416 g/mol. The molecule has 0 aliphatic carbocycles. The first-order chi connectivity index (χ1) is 13.1. The smallest absolute Gasteiger partial charge is 0.295 e. The van der Waals surface area contributed by atoms with E-state index in [1.54, 1.807) is 19.1 Å². The first-order valence-corrected chi connectivity index (χ1v) is 9.50. The van der Waals surface area contributed by atoms with Gasteiger partial charge < -0.3 is 24.8 Å². The number of aliphatic hydroxyl groups is 3. The molecular weight excluding hydrogens is 399 g/mol. The summed E-state index contributed by atoms with van der Waals surface area (Å²) in [5.74, 6) is -1.59. The molecule has 0 radical (unpaired) electrons. The molecular formula is C16H17FN2O8S. The molecule has 2 aromatic heterocycles. The van der Waals surface area contributed by atoms with Crippen LogP contribution in [0.4, 0.5) is 4.39 Å². The van der Waals surface area contributed by atoms with Crippen LogP contribution in [0, 0.1) is 12.9 Å². The standard InChI is InChI=1S/C16H17FN2O8S/c1-7-6-8(4-5-18-7)9-2-3-10(14(17)19-9)26-15-12(21)11(20)13(22)16(27-15)28(23,24)25/h2-6,11-13,15-16,20-22H,1H3,(H,23,24,25)/t11-,12-,13+,15-,16?/m1/s1. The van der Waals surface area contributed by atoms with Gasteiger partial charge in [0.1, 0.15) is 18.3 Å². The Hall–Kier alpha value is -2.22. The maximum atomic E-state index is 14.4. The van der Waals surface area contributed by atoms with E-state index in [-0.39, 0.29) is 5.69 Å². The molecule has 2 aromatic rings. The van der Waals surface area contributed by atoms with E-state index in [1.165, 1.54) is 18.3 Å². The Morgan fingerprint density at radius 2 is 1.86 bits per heavy atom. The SMILES string of the molecule is Cc1cc(-c2ccc(O[C@@H]3OC(S(=O)(=O)O)[C@@H](O)[C@H](O)[C@H]3O)c(F)n2)ccn1. The summed E-state index contributed by atoms with van der Waals surface area (Å²) in [4.78, 5) is 7.77. The average molecular weight is 416 g/mol. The molecule has 1 aliphatic heterocycles. The van der Waals surface area contributed by atoms with Crippen LogP contribution < -0.4 is 4.74 Å². The number of aryl methyl sites for hydroxylation is 1. The quantitative estimate of drug-likeness (QED) is 0.382. The zero-order chi connectivity index (χ0) is 20.6. The lowest BCUT2D eigenvalue weighted by atomic mass is 10.1. The minimum absolute atomic E-state index is 0.270. The number of rotatable bonds is 4. The third-order valence-electron chi connectivity index (χ3n) is 4.07. The summed E-state index contributed by atoms with van der Waals surface area (Å²) in [6.45, 7) is 1.75. The topological polar surface area (TPSA) is 159 Å². The lowest BCUT2D eigenvalue weighted by molar-refractivity contribution is -0.254. The Bertz CT molecular complexity index is 973. The molecule has 0 saturated carbocycles. The van der Waals surface area contributed by atoms with Crippen LogP contribution >= 0.6 is 0 Å². The number of hydrogen-bond donors (Lipinski definition) is 4. The molecule has 1 saturated heterocycles. The van der Waals surface area contributed by atoms with Gasteiger partial charge in [0.2, 0.25) is 11.7 Å². The Kier molecular flexibility index (Phi) is 5.61. The summed E-state index contributed by atoms with van der Waals surface area (Å²) >= 11 is 0. The van der Waals surface area contributed by atoms with Crippen molar-refractivity contribution in [3.8, 4) is 17.0 Å². The Labute approximate surface area is 159 Å². The molecule has 5 atom stereocenters. The van der Waals surface area contributed by atoms with Gasteiger partial charge in [-0.3, -0.25) is 9.54 Å². The summed E-state index contributed by atoms with van der Waals surface area (Å²) in [7, 11) is -4.95. The van der Waals surface area contributed by atoms with Crippen molar-refractivity contribution in [1.82, 2.24) is 9.97 Å². The number of aromatic nitrogens is 2. The van der Waals surface area contributed by atoms with Crippen LogP contribution in [0.5, 0.6) is 5.75 Å². The first-order valence-electron chi connectivity index (χ1n) is 8.00. The van der Waals surface area contributed by atoms with E-state index in [2.05, 4.69) is 9.97 Å². The Morgan fingerprint density at radius 1 is 1.14 bits per heavy atom. The largest absolute Gasteiger partial charge is 0.457 e. The van der Waals surface area contributed by atoms with Crippen LogP contribution in [0.2, 0.25) is 0 Å². The minimum Gasteiger partial charge on any atom is -0.457 e. The van der Waals surface area contributed by atoms with E-state index >= 15 is 0 Å². The number of ether oxygens (including phenoxy) is 2. The first kappa shape index (κ1) is 20.5. The molecule has 10 nitrogen and oxygen atoms in total. The van der Waals surface area contributed by atoms with Crippen LogP contribution in [0.3, 0.4) is 0 Å². The molecule has 12 heteroatoms. The van der Waals surface area contributed by atoms with E-state index in [0.717, 1.165) is 0 Å². The molecule has 28 heavy (non-hydrogen) atoms. The van der Waals surface area contributed by atoms with Crippen LogP contribution in [-0.4, -0.2) is 68.3 Å². The van der Waals surface area contributed by atoms with Gasteiger partial charge >= 0.3 is 0 Å². The van der Waals surface area contributed by atoms with Gasteiger partial charge in [0.05, 0.1) is 5.69 Å². The Morgan fingerprint density at radius 3 is 2.46 bits per heavy atom. The fraction of sp³-hybridized carbons (Fsp3) is 0.375. The van der Waals surface area contributed by atoms with Crippen molar-refractivity contribution < 1.29 is 42.2 Å².